The van der Waals surface area contributed by atoms with Gasteiger partial charge in [-0.25, -0.2) is 9.48 Å². The Morgan fingerprint density at radius 1 is 1.50 bits per heavy atom. The SMILES string of the molecule is CCOC(=O)c1c(O)c(-c2cccs2)nn(C(C2CC2)C(F)(F)F)c1=O. The Morgan fingerprint density at radius 3 is 2.69 bits per heavy atom. The van der Waals surface area contributed by atoms with Crippen molar-refractivity contribution in [3.05, 3.63) is 33.4 Å². The molecule has 1 aliphatic carbocycles. The summed E-state index contributed by atoms with van der Waals surface area (Å²) in [7, 11) is 0. The van der Waals surface area contributed by atoms with E-state index in [4.69, 9.17) is 4.74 Å². The van der Waals surface area contributed by atoms with Gasteiger partial charge in [0, 0.05) is 0 Å². The van der Waals surface area contributed by atoms with Crippen LogP contribution in [0.4, 0.5) is 13.2 Å². The van der Waals surface area contributed by atoms with Gasteiger partial charge in [-0.15, -0.1) is 11.3 Å². The second-order valence-corrected chi connectivity index (χ2v) is 6.79. The lowest BCUT2D eigenvalue weighted by Gasteiger charge is -2.22. The number of hydrogen-bond donors (Lipinski definition) is 1. The van der Waals surface area contributed by atoms with Crippen LogP contribution in [-0.2, 0) is 4.74 Å². The second-order valence-electron chi connectivity index (χ2n) is 5.84. The number of thiophene rings is 1. The molecule has 2 heterocycles. The molecule has 0 aromatic carbocycles. The van der Waals surface area contributed by atoms with Crippen molar-refractivity contribution in [1.29, 1.82) is 0 Å². The number of aromatic nitrogens is 2. The molecular weight excluding hydrogens is 373 g/mol. The number of carbonyl (C=O) groups is 1. The smallest absolute Gasteiger partial charge is 0.411 e. The highest BCUT2D eigenvalue weighted by atomic mass is 32.1. The molecule has 0 amide bonds. The number of carbonyl (C=O) groups excluding carboxylic acids is 1. The number of ether oxygens (including phenoxy) is 1. The fourth-order valence-corrected chi connectivity index (χ4v) is 3.42. The molecule has 26 heavy (non-hydrogen) atoms. The fourth-order valence-electron chi connectivity index (χ4n) is 2.71. The molecule has 2 aromatic heterocycles. The number of rotatable bonds is 5. The van der Waals surface area contributed by atoms with Crippen LogP contribution in [0.1, 0.15) is 36.2 Å². The number of aromatic hydroxyl groups is 1. The van der Waals surface area contributed by atoms with Crippen LogP contribution in [0.15, 0.2) is 22.3 Å². The molecule has 10 heteroatoms. The first kappa shape index (κ1) is 18.4. The summed E-state index contributed by atoms with van der Waals surface area (Å²) in [5.74, 6) is -2.74. The van der Waals surface area contributed by atoms with Crippen molar-refractivity contribution in [3.63, 3.8) is 0 Å². The van der Waals surface area contributed by atoms with Gasteiger partial charge in [0.2, 0.25) is 0 Å². The van der Waals surface area contributed by atoms with Gasteiger partial charge in [-0.2, -0.15) is 18.3 Å². The third-order valence-corrected chi connectivity index (χ3v) is 4.87. The van der Waals surface area contributed by atoms with Gasteiger partial charge in [0.1, 0.15) is 5.69 Å². The maximum Gasteiger partial charge on any atom is 0.411 e. The minimum atomic E-state index is -4.71. The maximum absolute atomic E-state index is 13.6. The second kappa shape index (κ2) is 6.75. The average molecular weight is 388 g/mol. The molecule has 1 unspecified atom stereocenters. The summed E-state index contributed by atoms with van der Waals surface area (Å²) in [4.78, 5) is 25.0. The minimum absolute atomic E-state index is 0.0975. The summed E-state index contributed by atoms with van der Waals surface area (Å²) in [5, 5.41) is 15.8. The number of halogens is 3. The predicted octanol–water partition coefficient (Wildman–Crippen LogP) is 3.37. The van der Waals surface area contributed by atoms with Crippen molar-refractivity contribution in [2.24, 2.45) is 5.92 Å². The van der Waals surface area contributed by atoms with E-state index in [0.29, 0.717) is 17.7 Å². The van der Waals surface area contributed by atoms with Gasteiger partial charge < -0.3 is 9.84 Å². The molecule has 1 N–H and O–H groups in total. The summed E-state index contributed by atoms with van der Waals surface area (Å²) < 4.78 is 45.7. The van der Waals surface area contributed by atoms with Crippen LogP contribution in [-0.4, -0.2) is 33.6 Å². The van der Waals surface area contributed by atoms with Crippen molar-refractivity contribution in [3.8, 4) is 16.3 Å². The predicted molar refractivity (Wildman–Crippen MR) is 87.2 cm³/mol. The Morgan fingerprint density at radius 2 is 2.19 bits per heavy atom. The zero-order chi connectivity index (χ0) is 19.1. The molecule has 0 bridgehead atoms. The Labute approximate surface area is 149 Å². The van der Waals surface area contributed by atoms with E-state index in [2.05, 4.69) is 5.10 Å². The largest absolute Gasteiger partial charge is 0.505 e. The average Bonchev–Trinajstić information content (AvgIpc) is 3.21. The van der Waals surface area contributed by atoms with E-state index in [1.165, 1.54) is 13.0 Å². The summed E-state index contributed by atoms with van der Waals surface area (Å²) in [6.45, 7) is 1.39. The lowest BCUT2D eigenvalue weighted by atomic mass is 10.1. The first-order valence-electron chi connectivity index (χ1n) is 7.89. The van der Waals surface area contributed by atoms with Crippen LogP contribution >= 0.6 is 11.3 Å². The van der Waals surface area contributed by atoms with Crippen LogP contribution in [0.25, 0.3) is 10.6 Å². The number of alkyl halides is 3. The van der Waals surface area contributed by atoms with Crippen molar-refractivity contribution in [2.75, 3.05) is 6.61 Å². The molecule has 2 aromatic rings. The Kier molecular flexibility index (Phi) is 4.78. The molecule has 0 spiro atoms. The van der Waals surface area contributed by atoms with Crippen molar-refractivity contribution >= 4 is 17.3 Å². The molecule has 0 radical (unpaired) electrons. The zero-order valence-electron chi connectivity index (χ0n) is 13.6. The van der Waals surface area contributed by atoms with Crippen LogP contribution < -0.4 is 5.56 Å². The standard InChI is InChI=1S/C16H15F3N2O4S/c1-2-25-15(24)10-12(22)11(9-4-3-7-26-9)20-21(14(10)23)13(8-5-6-8)16(17,18)19/h3-4,7-8,13,22H,2,5-6H2,1H3. The van der Waals surface area contributed by atoms with E-state index < -0.39 is 41.0 Å². The number of nitrogens with zero attached hydrogens (tertiary/aromatic N) is 2. The Bertz CT molecular complexity index is 873. The minimum Gasteiger partial charge on any atom is -0.505 e. The highest BCUT2D eigenvalue weighted by Gasteiger charge is 2.52. The lowest BCUT2D eigenvalue weighted by molar-refractivity contribution is -0.176. The molecule has 1 atom stereocenters. The maximum atomic E-state index is 13.6. The summed E-state index contributed by atoms with van der Waals surface area (Å²) in [6, 6.07) is 0.987. The summed E-state index contributed by atoms with van der Waals surface area (Å²) >= 11 is 1.11. The van der Waals surface area contributed by atoms with Gasteiger partial charge in [-0.1, -0.05) is 6.07 Å². The van der Waals surface area contributed by atoms with Gasteiger partial charge in [-0.3, -0.25) is 4.79 Å². The molecule has 0 aliphatic heterocycles. The van der Waals surface area contributed by atoms with Crippen LogP contribution in [0.2, 0.25) is 0 Å². The van der Waals surface area contributed by atoms with Gasteiger partial charge >= 0.3 is 12.1 Å². The molecule has 0 saturated heterocycles. The van der Waals surface area contributed by atoms with Crippen molar-refractivity contribution in [2.45, 2.75) is 32.0 Å². The highest BCUT2D eigenvalue weighted by Crippen LogP contribution is 2.48. The van der Waals surface area contributed by atoms with E-state index >= 15 is 0 Å². The molecule has 6 nitrogen and oxygen atoms in total. The first-order chi connectivity index (χ1) is 12.3. The first-order valence-corrected chi connectivity index (χ1v) is 8.77. The normalized spacial score (nSPS) is 15.7. The van der Waals surface area contributed by atoms with E-state index in [0.717, 1.165) is 11.3 Å². The third kappa shape index (κ3) is 3.33. The van der Waals surface area contributed by atoms with Gasteiger partial charge in [0.15, 0.2) is 17.4 Å². The summed E-state index contributed by atoms with van der Waals surface area (Å²) in [6.07, 6.45) is -4.10. The van der Waals surface area contributed by atoms with Gasteiger partial charge in [0.05, 0.1) is 11.5 Å². The van der Waals surface area contributed by atoms with Gasteiger partial charge in [-0.05, 0) is 37.1 Å². The number of esters is 1. The fraction of sp³-hybridized carbons (Fsp3) is 0.438. The van der Waals surface area contributed by atoms with Crippen LogP contribution in [0.5, 0.6) is 5.75 Å². The van der Waals surface area contributed by atoms with Gasteiger partial charge in [0.25, 0.3) is 5.56 Å². The van der Waals surface area contributed by atoms with E-state index in [-0.39, 0.29) is 17.0 Å². The monoisotopic (exact) mass is 388 g/mol. The van der Waals surface area contributed by atoms with E-state index in [1.807, 2.05) is 0 Å². The van der Waals surface area contributed by atoms with Crippen molar-refractivity contribution < 1.29 is 27.8 Å². The molecule has 1 fully saturated rings. The quantitative estimate of drug-likeness (QED) is 0.795. The molecule has 3 rings (SSSR count). The Hall–Kier alpha value is -2.36. The topological polar surface area (TPSA) is 81.4 Å². The number of hydrogen-bond acceptors (Lipinski definition) is 6. The van der Waals surface area contributed by atoms with E-state index in [1.54, 1.807) is 11.4 Å². The van der Waals surface area contributed by atoms with Crippen LogP contribution in [0.3, 0.4) is 0 Å². The van der Waals surface area contributed by atoms with Crippen molar-refractivity contribution in [1.82, 2.24) is 9.78 Å². The highest BCUT2D eigenvalue weighted by molar-refractivity contribution is 7.13. The molecular formula is C16H15F3N2O4S. The summed E-state index contributed by atoms with van der Waals surface area (Å²) in [5.41, 5.74) is -2.40. The third-order valence-electron chi connectivity index (χ3n) is 3.99. The molecule has 140 valence electrons. The van der Waals surface area contributed by atoms with Crippen LogP contribution in [0, 0.1) is 5.92 Å². The molecule has 1 saturated carbocycles. The molecule has 1 aliphatic rings. The Balaban J connectivity index is 2.27. The zero-order valence-corrected chi connectivity index (χ0v) is 14.4. The van der Waals surface area contributed by atoms with E-state index in [9.17, 15) is 27.9 Å². The lowest BCUT2D eigenvalue weighted by Crippen LogP contribution is -2.40.